The molecule has 0 heterocycles. The summed E-state index contributed by atoms with van der Waals surface area (Å²) in [5.74, 6) is -1.37. The number of para-hydroxylation sites is 1. The summed E-state index contributed by atoms with van der Waals surface area (Å²) in [6, 6.07) is 21.8. The summed E-state index contributed by atoms with van der Waals surface area (Å²) in [5.41, 5.74) is -0.371. The number of hydrogen-bond donors (Lipinski definition) is 2. The summed E-state index contributed by atoms with van der Waals surface area (Å²) >= 11 is 12.1. The standard InChI is InChI=1S/C27H19Cl2FN2O5S/c28-17-9-14-24(21(15-17)27(34)31-16-25(33)20-5-1-3-7-23(20)30)32-38(35,36)19-12-10-18(11-13-19)37-26-8-4-2-6-22(26)29/h1-15,32H,16H2,(H,31,34). The zero-order valence-electron chi connectivity index (χ0n) is 19.5. The highest BCUT2D eigenvalue weighted by molar-refractivity contribution is 7.92. The molecule has 4 aromatic carbocycles. The molecule has 0 saturated heterocycles. The van der Waals surface area contributed by atoms with Gasteiger partial charge in [0.1, 0.15) is 17.3 Å². The van der Waals surface area contributed by atoms with Gasteiger partial charge in [0.15, 0.2) is 5.78 Å². The minimum Gasteiger partial charge on any atom is -0.456 e. The highest BCUT2D eigenvalue weighted by atomic mass is 35.5. The summed E-state index contributed by atoms with van der Waals surface area (Å²) < 4.78 is 48.0. The van der Waals surface area contributed by atoms with Gasteiger partial charge in [-0.15, -0.1) is 0 Å². The lowest BCUT2D eigenvalue weighted by molar-refractivity contribution is 0.0903. The van der Waals surface area contributed by atoms with Crippen molar-refractivity contribution in [3.05, 3.63) is 118 Å². The minimum absolute atomic E-state index is 0.0679. The third-order valence-corrected chi connectivity index (χ3v) is 7.18. The first kappa shape index (κ1) is 27.1. The lowest BCUT2D eigenvalue weighted by atomic mass is 10.1. The second-order valence-corrected chi connectivity index (χ2v) is 10.4. The predicted molar refractivity (Wildman–Crippen MR) is 143 cm³/mol. The molecule has 1 amide bonds. The molecule has 0 unspecified atom stereocenters. The first-order chi connectivity index (χ1) is 18.1. The number of nitrogens with one attached hydrogen (secondary N) is 2. The third-order valence-electron chi connectivity index (χ3n) is 5.25. The Labute approximate surface area is 228 Å². The topological polar surface area (TPSA) is 102 Å². The average Bonchev–Trinajstić information content (AvgIpc) is 2.90. The van der Waals surface area contributed by atoms with E-state index in [-0.39, 0.29) is 26.7 Å². The highest BCUT2D eigenvalue weighted by Crippen LogP contribution is 2.30. The minimum atomic E-state index is -4.13. The molecule has 0 aliphatic carbocycles. The second kappa shape index (κ2) is 11.6. The normalized spacial score (nSPS) is 11.0. The molecule has 4 aromatic rings. The van der Waals surface area contributed by atoms with Crippen LogP contribution in [0.5, 0.6) is 11.5 Å². The second-order valence-electron chi connectivity index (χ2n) is 7.88. The van der Waals surface area contributed by atoms with Crippen LogP contribution in [0.4, 0.5) is 10.1 Å². The molecule has 0 atom stereocenters. The number of benzene rings is 4. The number of sulfonamides is 1. The van der Waals surface area contributed by atoms with E-state index >= 15 is 0 Å². The molecule has 0 aromatic heterocycles. The van der Waals surface area contributed by atoms with Gasteiger partial charge in [0.2, 0.25) is 0 Å². The highest BCUT2D eigenvalue weighted by Gasteiger charge is 2.21. The largest absolute Gasteiger partial charge is 0.456 e. The molecule has 0 aliphatic rings. The summed E-state index contributed by atoms with van der Waals surface area (Å²) in [6.45, 7) is -0.509. The van der Waals surface area contributed by atoms with Gasteiger partial charge >= 0.3 is 0 Å². The van der Waals surface area contributed by atoms with Crippen LogP contribution in [0.1, 0.15) is 20.7 Å². The van der Waals surface area contributed by atoms with Crippen molar-refractivity contribution in [2.24, 2.45) is 0 Å². The molecular formula is C27H19Cl2FN2O5S. The van der Waals surface area contributed by atoms with Crippen LogP contribution >= 0.6 is 23.2 Å². The van der Waals surface area contributed by atoms with Gasteiger partial charge in [-0.25, -0.2) is 12.8 Å². The monoisotopic (exact) mass is 572 g/mol. The first-order valence-electron chi connectivity index (χ1n) is 11.0. The number of Topliss-reactive ketones (excluding diaryl/α,β-unsaturated/α-hetero) is 1. The Hall–Kier alpha value is -3.92. The van der Waals surface area contributed by atoms with Crippen molar-refractivity contribution >= 4 is 50.6 Å². The number of halogens is 3. The van der Waals surface area contributed by atoms with E-state index in [1.807, 2.05) is 0 Å². The third kappa shape index (κ3) is 6.49. The molecular weight excluding hydrogens is 554 g/mol. The van der Waals surface area contributed by atoms with Crippen molar-refractivity contribution in [1.29, 1.82) is 0 Å². The van der Waals surface area contributed by atoms with Gasteiger partial charge in [-0.3, -0.25) is 14.3 Å². The van der Waals surface area contributed by atoms with Gasteiger partial charge in [-0.1, -0.05) is 47.5 Å². The summed E-state index contributed by atoms with van der Waals surface area (Å²) in [5, 5.41) is 2.94. The van der Waals surface area contributed by atoms with Crippen molar-refractivity contribution in [2.45, 2.75) is 4.90 Å². The maximum atomic E-state index is 13.9. The quantitative estimate of drug-likeness (QED) is 0.228. The smallest absolute Gasteiger partial charge is 0.261 e. The van der Waals surface area contributed by atoms with Crippen LogP contribution in [-0.2, 0) is 10.0 Å². The van der Waals surface area contributed by atoms with E-state index in [1.54, 1.807) is 24.3 Å². The molecule has 7 nitrogen and oxygen atoms in total. The van der Waals surface area contributed by atoms with Gasteiger partial charge in [0, 0.05) is 5.02 Å². The van der Waals surface area contributed by atoms with E-state index in [9.17, 15) is 22.4 Å². The van der Waals surface area contributed by atoms with E-state index in [4.69, 9.17) is 27.9 Å². The van der Waals surface area contributed by atoms with E-state index in [2.05, 4.69) is 10.0 Å². The van der Waals surface area contributed by atoms with Crippen LogP contribution in [0.3, 0.4) is 0 Å². The molecule has 0 saturated carbocycles. The summed E-state index contributed by atoms with van der Waals surface area (Å²) in [4.78, 5) is 25.1. The number of rotatable bonds is 9. The Morgan fingerprint density at radius 3 is 2.24 bits per heavy atom. The SMILES string of the molecule is O=C(CNC(=O)c1cc(Cl)ccc1NS(=O)(=O)c1ccc(Oc2ccccc2Cl)cc1)c1ccccc1F. The molecule has 0 aliphatic heterocycles. The Kier molecular flexibility index (Phi) is 8.31. The van der Waals surface area contributed by atoms with Crippen molar-refractivity contribution in [1.82, 2.24) is 5.32 Å². The Bertz CT molecular complexity index is 1610. The lowest BCUT2D eigenvalue weighted by Crippen LogP contribution is -2.30. The fourth-order valence-electron chi connectivity index (χ4n) is 3.38. The zero-order chi connectivity index (χ0) is 27.3. The van der Waals surface area contributed by atoms with Crippen molar-refractivity contribution in [3.63, 3.8) is 0 Å². The molecule has 0 radical (unpaired) electrons. The Morgan fingerprint density at radius 2 is 1.53 bits per heavy atom. The van der Waals surface area contributed by atoms with Gasteiger partial charge in [0.05, 0.1) is 33.3 Å². The summed E-state index contributed by atoms with van der Waals surface area (Å²) in [6.07, 6.45) is 0. The fourth-order valence-corrected chi connectivity index (χ4v) is 4.80. The van der Waals surface area contributed by atoms with Crippen LogP contribution in [0.15, 0.2) is 95.9 Å². The van der Waals surface area contributed by atoms with Crippen molar-refractivity contribution in [2.75, 3.05) is 11.3 Å². The van der Waals surface area contributed by atoms with Gasteiger partial charge in [0.25, 0.3) is 15.9 Å². The van der Waals surface area contributed by atoms with Crippen LogP contribution in [0, 0.1) is 5.82 Å². The summed E-state index contributed by atoms with van der Waals surface area (Å²) in [7, 11) is -4.13. The predicted octanol–water partition coefficient (Wildman–Crippen LogP) is 6.34. The first-order valence-corrected chi connectivity index (χ1v) is 13.3. The molecule has 2 N–H and O–H groups in total. The molecule has 38 heavy (non-hydrogen) atoms. The van der Waals surface area contributed by atoms with Crippen LogP contribution in [0.25, 0.3) is 0 Å². The van der Waals surface area contributed by atoms with Gasteiger partial charge in [-0.05, 0) is 66.7 Å². The molecule has 0 fully saturated rings. The molecule has 11 heteroatoms. The van der Waals surface area contributed by atoms with Crippen LogP contribution in [0.2, 0.25) is 10.0 Å². The maximum Gasteiger partial charge on any atom is 0.261 e. The van der Waals surface area contributed by atoms with E-state index < -0.39 is 34.1 Å². The van der Waals surface area contributed by atoms with Crippen LogP contribution in [-0.4, -0.2) is 26.7 Å². The number of ketones is 1. The average molecular weight is 573 g/mol. The van der Waals surface area contributed by atoms with E-state index in [0.717, 1.165) is 6.07 Å². The molecule has 4 rings (SSSR count). The van der Waals surface area contributed by atoms with Crippen molar-refractivity contribution < 1.29 is 27.1 Å². The number of hydrogen-bond acceptors (Lipinski definition) is 5. The van der Waals surface area contributed by atoms with Crippen LogP contribution < -0.4 is 14.8 Å². The van der Waals surface area contributed by atoms with Gasteiger partial charge < -0.3 is 10.1 Å². The maximum absolute atomic E-state index is 13.9. The van der Waals surface area contributed by atoms with E-state index in [1.165, 1.54) is 60.7 Å². The number of carbonyl (C=O) groups is 2. The lowest BCUT2D eigenvalue weighted by Gasteiger charge is -2.14. The number of ether oxygens (including phenoxy) is 1. The van der Waals surface area contributed by atoms with Gasteiger partial charge in [-0.2, -0.15) is 0 Å². The zero-order valence-corrected chi connectivity index (χ0v) is 21.8. The molecule has 194 valence electrons. The fraction of sp³-hybridized carbons (Fsp3) is 0.0370. The van der Waals surface area contributed by atoms with Crippen molar-refractivity contribution in [3.8, 4) is 11.5 Å². The Morgan fingerprint density at radius 1 is 0.842 bits per heavy atom. The van der Waals surface area contributed by atoms with E-state index in [0.29, 0.717) is 16.5 Å². The number of amides is 1. The Balaban J connectivity index is 1.49. The number of anilines is 1. The molecule has 0 bridgehead atoms. The number of carbonyl (C=O) groups excluding carboxylic acids is 2. The molecule has 0 spiro atoms.